The molecular weight excluding hydrogens is 378 g/mol. The average Bonchev–Trinajstić information content (AvgIpc) is 2.37. The van der Waals surface area contributed by atoms with Gasteiger partial charge in [0.05, 0.1) is 12.4 Å². The van der Waals surface area contributed by atoms with Crippen molar-refractivity contribution in [1.82, 2.24) is 4.31 Å². The predicted octanol–water partition coefficient (Wildman–Crippen LogP) is 3.20. The Balaban J connectivity index is 2.03. The molecule has 21 heavy (non-hydrogen) atoms. The number of hydrogen-bond acceptors (Lipinski definition) is 3. The average molecular weight is 397 g/mol. The van der Waals surface area contributed by atoms with Crippen LogP contribution in [0, 0.1) is 5.92 Å². The Hall–Kier alpha value is -0.140. The Morgan fingerprint density at radius 2 is 2.19 bits per heavy atom. The van der Waals surface area contributed by atoms with Crippen molar-refractivity contribution in [3.8, 4) is 0 Å². The summed E-state index contributed by atoms with van der Waals surface area (Å²) in [5.74, 6) is 0.168. The molecule has 1 heterocycles. The SMILES string of the molecule is CS(=O)(=O)N1CCCC(CC(O)c2cc(Cl)cc(Br)c2)C1. The number of nitrogens with zero attached hydrogens (tertiary/aromatic N) is 1. The second-order valence-corrected chi connectivity index (χ2v) is 8.92. The van der Waals surface area contributed by atoms with Gasteiger partial charge in [-0.2, -0.15) is 0 Å². The highest BCUT2D eigenvalue weighted by molar-refractivity contribution is 9.10. The van der Waals surface area contributed by atoms with Crippen LogP contribution in [0.25, 0.3) is 0 Å². The van der Waals surface area contributed by atoms with Crippen LogP contribution < -0.4 is 0 Å². The summed E-state index contributed by atoms with van der Waals surface area (Å²) < 4.78 is 25.6. The Bertz CT molecular complexity index is 588. The molecule has 2 unspecified atom stereocenters. The smallest absolute Gasteiger partial charge is 0.211 e. The van der Waals surface area contributed by atoms with Crippen LogP contribution in [-0.4, -0.2) is 37.2 Å². The number of piperidine rings is 1. The second-order valence-electron chi connectivity index (χ2n) is 5.58. The molecular formula is C14H19BrClNO3S. The van der Waals surface area contributed by atoms with E-state index in [4.69, 9.17) is 11.6 Å². The summed E-state index contributed by atoms with van der Waals surface area (Å²) >= 11 is 9.35. The van der Waals surface area contributed by atoms with Gasteiger partial charge in [-0.3, -0.25) is 0 Å². The molecule has 1 saturated heterocycles. The molecule has 0 radical (unpaired) electrons. The Labute approximate surface area is 139 Å². The van der Waals surface area contributed by atoms with Gasteiger partial charge in [-0.1, -0.05) is 27.5 Å². The number of rotatable bonds is 4. The van der Waals surface area contributed by atoms with Gasteiger partial charge in [-0.05, 0) is 48.9 Å². The minimum atomic E-state index is -3.15. The third-order valence-corrected chi connectivity index (χ3v) is 5.72. The van der Waals surface area contributed by atoms with Gasteiger partial charge in [-0.15, -0.1) is 0 Å². The van der Waals surface area contributed by atoms with Crippen molar-refractivity contribution in [2.45, 2.75) is 25.4 Å². The van der Waals surface area contributed by atoms with E-state index >= 15 is 0 Å². The van der Waals surface area contributed by atoms with Gasteiger partial charge in [0.15, 0.2) is 0 Å². The summed E-state index contributed by atoms with van der Waals surface area (Å²) in [5, 5.41) is 10.9. The van der Waals surface area contributed by atoms with Crippen molar-refractivity contribution in [3.63, 3.8) is 0 Å². The second kappa shape index (κ2) is 6.96. The number of aliphatic hydroxyl groups is 1. The zero-order chi connectivity index (χ0) is 15.6. The first kappa shape index (κ1) is 17.2. The maximum Gasteiger partial charge on any atom is 0.211 e. The van der Waals surface area contributed by atoms with Crippen LogP contribution in [0.4, 0.5) is 0 Å². The summed E-state index contributed by atoms with van der Waals surface area (Å²) in [5.41, 5.74) is 0.755. The molecule has 0 saturated carbocycles. The summed E-state index contributed by atoms with van der Waals surface area (Å²) in [7, 11) is -3.15. The molecule has 0 aliphatic carbocycles. The Morgan fingerprint density at radius 3 is 2.81 bits per heavy atom. The first-order chi connectivity index (χ1) is 9.75. The fraction of sp³-hybridized carbons (Fsp3) is 0.571. The molecule has 0 spiro atoms. The standard InChI is InChI=1S/C14H19BrClNO3S/c1-21(19,20)17-4-2-3-10(9-17)5-14(18)11-6-12(15)8-13(16)7-11/h6-8,10,14,18H,2-5,9H2,1H3. The molecule has 1 aromatic carbocycles. The predicted molar refractivity (Wildman–Crippen MR) is 87.9 cm³/mol. The molecule has 1 N–H and O–H groups in total. The first-order valence-corrected chi connectivity index (χ1v) is 9.87. The minimum Gasteiger partial charge on any atom is -0.388 e. The van der Waals surface area contributed by atoms with E-state index in [-0.39, 0.29) is 5.92 Å². The van der Waals surface area contributed by atoms with E-state index in [1.165, 1.54) is 10.6 Å². The third kappa shape index (κ3) is 4.93. The molecule has 1 aliphatic heterocycles. The van der Waals surface area contributed by atoms with Gasteiger partial charge in [0.1, 0.15) is 0 Å². The van der Waals surface area contributed by atoms with E-state index in [0.717, 1.165) is 22.9 Å². The summed E-state index contributed by atoms with van der Waals surface area (Å²) in [6.07, 6.45) is 2.91. The molecule has 1 fully saturated rings. The maximum atomic E-state index is 11.6. The molecule has 1 aliphatic rings. The van der Waals surface area contributed by atoms with E-state index < -0.39 is 16.1 Å². The van der Waals surface area contributed by atoms with Gasteiger partial charge in [0.25, 0.3) is 0 Å². The topological polar surface area (TPSA) is 57.6 Å². The van der Waals surface area contributed by atoms with Gasteiger partial charge in [0, 0.05) is 22.6 Å². The van der Waals surface area contributed by atoms with Crippen molar-refractivity contribution in [1.29, 1.82) is 0 Å². The van der Waals surface area contributed by atoms with Crippen LogP contribution in [0.2, 0.25) is 5.02 Å². The highest BCUT2D eigenvalue weighted by Crippen LogP contribution is 2.31. The van der Waals surface area contributed by atoms with Gasteiger partial charge in [0.2, 0.25) is 10.0 Å². The number of halogens is 2. The number of hydrogen-bond donors (Lipinski definition) is 1. The first-order valence-electron chi connectivity index (χ1n) is 6.85. The summed E-state index contributed by atoms with van der Waals surface area (Å²) in [6.45, 7) is 1.06. The fourth-order valence-electron chi connectivity index (χ4n) is 2.74. The highest BCUT2D eigenvalue weighted by atomic mass is 79.9. The lowest BCUT2D eigenvalue weighted by molar-refractivity contribution is 0.123. The third-order valence-electron chi connectivity index (χ3n) is 3.78. The van der Waals surface area contributed by atoms with E-state index in [0.29, 0.717) is 24.5 Å². The van der Waals surface area contributed by atoms with E-state index in [2.05, 4.69) is 15.9 Å². The lowest BCUT2D eigenvalue weighted by Gasteiger charge is -2.32. The Kier molecular flexibility index (Phi) is 5.71. The largest absolute Gasteiger partial charge is 0.388 e. The minimum absolute atomic E-state index is 0.168. The van der Waals surface area contributed by atoms with Crippen LogP contribution in [-0.2, 0) is 10.0 Å². The van der Waals surface area contributed by atoms with Crippen molar-refractivity contribution in [3.05, 3.63) is 33.3 Å². The number of aliphatic hydroxyl groups excluding tert-OH is 1. The van der Waals surface area contributed by atoms with Gasteiger partial charge in [-0.25, -0.2) is 12.7 Å². The van der Waals surface area contributed by atoms with Crippen LogP contribution in [0.1, 0.15) is 30.9 Å². The van der Waals surface area contributed by atoms with Crippen molar-refractivity contribution in [2.24, 2.45) is 5.92 Å². The Morgan fingerprint density at radius 1 is 1.48 bits per heavy atom. The lowest BCUT2D eigenvalue weighted by Crippen LogP contribution is -2.39. The molecule has 0 aromatic heterocycles. The van der Waals surface area contributed by atoms with Crippen LogP contribution in [0.3, 0.4) is 0 Å². The lowest BCUT2D eigenvalue weighted by atomic mass is 9.91. The van der Waals surface area contributed by atoms with Crippen molar-refractivity contribution < 1.29 is 13.5 Å². The number of benzene rings is 1. The van der Waals surface area contributed by atoms with E-state index in [9.17, 15) is 13.5 Å². The quantitative estimate of drug-likeness (QED) is 0.850. The van der Waals surface area contributed by atoms with Crippen LogP contribution in [0.5, 0.6) is 0 Å². The normalized spacial score (nSPS) is 22.2. The summed E-state index contributed by atoms with van der Waals surface area (Å²) in [6, 6.07) is 5.35. The van der Waals surface area contributed by atoms with E-state index in [1.807, 2.05) is 6.07 Å². The molecule has 0 amide bonds. The van der Waals surface area contributed by atoms with Crippen molar-refractivity contribution in [2.75, 3.05) is 19.3 Å². The molecule has 1 aromatic rings. The molecule has 2 atom stereocenters. The summed E-state index contributed by atoms with van der Waals surface area (Å²) in [4.78, 5) is 0. The van der Waals surface area contributed by atoms with E-state index in [1.54, 1.807) is 12.1 Å². The zero-order valence-corrected chi connectivity index (χ0v) is 15.0. The monoisotopic (exact) mass is 395 g/mol. The number of sulfonamides is 1. The molecule has 7 heteroatoms. The van der Waals surface area contributed by atoms with Crippen LogP contribution in [0.15, 0.2) is 22.7 Å². The molecule has 2 rings (SSSR count). The van der Waals surface area contributed by atoms with Gasteiger partial charge >= 0.3 is 0 Å². The highest BCUT2D eigenvalue weighted by Gasteiger charge is 2.27. The van der Waals surface area contributed by atoms with Crippen molar-refractivity contribution >= 4 is 37.6 Å². The van der Waals surface area contributed by atoms with Crippen LogP contribution >= 0.6 is 27.5 Å². The molecule has 118 valence electrons. The zero-order valence-electron chi connectivity index (χ0n) is 11.8. The van der Waals surface area contributed by atoms with Gasteiger partial charge < -0.3 is 5.11 Å². The maximum absolute atomic E-state index is 11.6. The molecule has 0 bridgehead atoms. The molecule has 4 nitrogen and oxygen atoms in total. The fourth-order valence-corrected chi connectivity index (χ4v) is 4.57.